The Balaban J connectivity index is 1.79. The first-order chi connectivity index (χ1) is 9.40. The van der Waals surface area contributed by atoms with Crippen LogP contribution in [-0.4, -0.2) is 19.2 Å². The van der Waals surface area contributed by atoms with Crippen molar-refractivity contribution in [1.82, 2.24) is 0 Å². The molecule has 2 fully saturated rings. The average molecular weight is 294 g/mol. The van der Waals surface area contributed by atoms with Gasteiger partial charge in [-0.1, -0.05) is 20.8 Å². The van der Waals surface area contributed by atoms with Gasteiger partial charge in [-0.15, -0.1) is 11.3 Å². The highest BCUT2D eigenvalue weighted by Crippen LogP contribution is 2.66. The van der Waals surface area contributed by atoms with E-state index in [1.807, 2.05) is 11.4 Å². The van der Waals surface area contributed by atoms with Crippen molar-refractivity contribution in [1.29, 1.82) is 0 Å². The van der Waals surface area contributed by atoms with Gasteiger partial charge >= 0.3 is 5.97 Å². The van der Waals surface area contributed by atoms with Crippen LogP contribution in [-0.2, 0) is 4.74 Å². The molecule has 4 heteroatoms. The Kier molecular flexibility index (Phi) is 3.12. The summed E-state index contributed by atoms with van der Waals surface area (Å²) in [7, 11) is 1.58. The number of carbonyl (C=O) groups is 1. The van der Waals surface area contributed by atoms with Gasteiger partial charge in [0.25, 0.3) is 0 Å². The highest BCUT2D eigenvalue weighted by Gasteiger charge is 2.62. The lowest BCUT2D eigenvalue weighted by Crippen LogP contribution is -2.38. The van der Waals surface area contributed by atoms with Gasteiger partial charge in [0.2, 0.25) is 0 Å². The predicted molar refractivity (Wildman–Crippen MR) is 79.3 cm³/mol. The quantitative estimate of drug-likeness (QED) is 0.786. The molecule has 3 nitrogen and oxygen atoms in total. The second-order valence-electron chi connectivity index (χ2n) is 6.82. The number of fused-ring (bicyclic) bond motifs is 2. The van der Waals surface area contributed by atoms with Gasteiger partial charge in [0, 0.05) is 5.41 Å². The zero-order valence-corrected chi connectivity index (χ0v) is 13.4. The Morgan fingerprint density at radius 2 is 2.15 bits per heavy atom. The number of esters is 1. The number of thiophene rings is 1. The molecule has 0 radical (unpaired) electrons. The average Bonchev–Trinajstić information content (AvgIpc) is 3.01. The molecule has 0 spiro atoms. The molecule has 1 heterocycles. The van der Waals surface area contributed by atoms with Gasteiger partial charge in [-0.25, -0.2) is 4.79 Å². The highest BCUT2D eigenvalue weighted by atomic mass is 32.1. The molecular formula is C16H22O3S. The van der Waals surface area contributed by atoms with Crippen molar-refractivity contribution >= 4 is 17.3 Å². The number of carbonyl (C=O) groups excluding carboxylic acids is 1. The lowest BCUT2D eigenvalue weighted by atomic mass is 9.70. The van der Waals surface area contributed by atoms with Gasteiger partial charge < -0.3 is 9.47 Å². The summed E-state index contributed by atoms with van der Waals surface area (Å²) in [5.41, 5.74) is 0.370. The van der Waals surface area contributed by atoms with E-state index in [4.69, 9.17) is 9.47 Å². The fraction of sp³-hybridized carbons (Fsp3) is 0.688. The number of hydrogen-bond donors (Lipinski definition) is 0. The van der Waals surface area contributed by atoms with Gasteiger partial charge in [-0.3, -0.25) is 0 Å². The first kappa shape index (κ1) is 13.9. The molecular weight excluding hydrogens is 272 g/mol. The predicted octanol–water partition coefficient (Wildman–Crippen LogP) is 4.13. The van der Waals surface area contributed by atoms with Crippen LogP contribution in [0.4, 0.5) is 0 Å². The molecule has 0 saturated heterocycles. The van der Waals surface area contributed by atoms with E-state index in [1.54, 1.807) is 7.11 Å². The molecule has 1 aromatic rings. The van der Waals surface area contributed by atoms with Crippen LogP contribution in [0.3, 0.4) is 0 Å². The summed E-state index contributed by atoms with van der Waals surface area (Å²) < 4.78 is 11.1. The third-order valence-electron chi connectivity index (χ3n) is 6.00. The molecule has 2 bridgehead atoms. The molecule has 3 unspecified atom stereocenters. The summed E-state index contributed by atoms with van der Waals surface area (Å²) in [6.45, 7) is 6.93. The van der Waals surface area contributed by atoms with Crippen LogP contribution in [0.15, 0.2) is 11.4 Å². The summed E-state index contributed by atoms with van der Waals surface area (Å²) in [5, 5.41) is 1.86. The smallest absolute Gasteiger partial charge is 0.352 e. The van der Waals surface area contributed by atoms with Gasteiger partial charge in [-0.2, -0.15) is 0 Å². The van der Waals surface area contributed by atoms with E-state index < -0.39 is 0 Å². The van der Waals surface area contributed by atoms with Crippen LogP contribution in [0.5, 0.6) is 5.75 Å². The molecule has 0 aliphatic heterocycles. The molecule has 2 aliphatic rings. The summed E-state index contributed by atoms with van der Waals surface area (Å²) in [6, 6.07) is 1.81. The van der Waals surface area contributed by atoms with Gasteiger partial charge in [0.05, 0.1) is 7.11 Å². The SMILES string of the molecule is COc1ccsc1C(=O)OC1CC2CCC1(C)C2(C)C. The van der Waals surface area contributed by atoms with Crippen molar-refractivity contribution in [2.75, 3.05) is 7.11 Å². The van der Waals surface area contributed by atoms with E-state index in [-0.39, 0.29) is 22.9 Å². The molecule has 20 heavy (non-hydrogen) atoms. The maximum absolute atomic E-state index is 12.4. The van der Waals surface area contributed by atoms with Crippen LogP contribution in [0.2, 0.25) is 0 Å². The van der Waals surface area contributed by atoms with Crippen LogP contribution >= 0.6 is 11.3 Å². The van der Waals surface area contributed by atoms with E-state index in [2.05, 4.69) is 20.8 Å². The van der Waals surface area contributed by atoms with Crippen molar-refractivity contribution in [2.24, 2.45) is 16.7 Å². The summed E-state index contributed by atoms with van der Waals surface area (Å²) in [4.78, 5) is 13.0. The third-order valence-corrected chi connectivity index (χ3v) is 6.87. The molecule has 2 saturated carbocycles. The largest absolute Gasteiger partial charge is 0.495 e. The van der Waals surface area contributed by atoms with Gasteiger partial charge in [0.15, 0.2) is 4.88 Å². The Labute approximate surface area is 124 Å². The summed E-state index contributed by atoms with van der Waals surface area (Å²) in [6.07, 6.45) is 3.46. The van der Waals surface area contributed by atoms with Crippen LogP contribution in [0.1, 0.15) is 49.7 Å². The Bertz CT molecular complexity index is 534. The zero-order chi connectivity index (χ0) is 14.5. The molecule has 110 valence electrons. The molecule has 3 rings (SSSR count). The molecule has 2 aliphatic carbocycles. The first-order valence-corrected chi connectivity index (χ1v) is 8.10. The zero-order valence-electron chi connectivity index (χ0n) is 12.6. The molecule has 1 aromatic heterocycles. The van der Waals surface area contributed by atoms with Gasteiger partial charge in [0.1, 0.15) is 11.9 Å². The monoisotopic (exact) mass is 294 g/mol. The highest BCUT2D eigenvalue weighted by molar-refractivity contribution is 7.12. The van der Waals surface area contributed by atoms with Crippen molar-refractivity contribution in [2.45, 2.75) is 46.1 Å². The molecule has 0 N–H and O–H groups in total. The third kappa shape index (κ3) is 1.73. The van der Waals surface area contributed by atoms with E-state index in [1.165, 1.54) is 17.8 Å². The molecule has 0 aromatic carbocycles. The lowest BCUT2D eigenvalue weighted by Gasteiger charge is -2.38. The van der Waals surface area contributed by atoms with E-state index in [0.29, 0.717) is 16.5 Å². The van der Waals surface area contributed by atoms with Gasteiger partial charge in [-0.05, 0) is 42.0 Å². The Morgan fingerprint density at radius 3 is 2.70 bits per heavy atom. The fourth-order valence-electron chi connectivity index (χ4n) is 4.10. The van der Waals surface area contributed by atoms with Crippen molar-refractivity contribution in [3.05, 3.63) is 16.3 Å². The lowest BCUT2D eigenvalue weighted by molar-refractivity contribution is -0.0240. The number of methoxy groups -OCH3 is 1. The van der Waals surface area contributed by atoms with Crippen LogP contribution < -0.4 is 4.74 Å². The topological polar surface area (TPSA) is 35.5 Å². The van der Waals surface area contributed by atoms with Crippen LogP contribution in [0, 0.1) is 16.7 Å². The summed E-state index contributed by atoms with van der Waals surface area (Å²) in [5.74, 6) is 1.06. The summed E-state index contributed by atoms with van der Waals surface area (Å²) >= 11 is 1.38. The molecule has 3 atom stereocenters. The maximum atomic E-state index is 12.4. The Morgan fingerprint density at radius 1 is 1.40 bits per heavy atom. The van der Waals surface area contributed by atoms with E-state index in [9.17, 15) is 4.79 Å². The fourth-order valence-corrected chi connectivity index (χ4v) is 4.84. The van der Waals surface area contributed by atoms with Crippen molar-refractivity contribution < 1.29 is 14.3 Å². The second-order valence-corrected chi connectivity index (χ2v) is 7.74. The van der Waals surface area contributed by atoms with Crippen molar-refractivity contribution in [3.8, 4) is 5.75 Å². The Hall–Kier alpha value is -1.03. The number of ether oxygens (including phenoxy) is 2. The number of hydrogen-bond acceptors (Lipinski definition) is 4. The number of rotatable bonds is 3. The van der Waals surface area contributed by atoms with Crippen LogP contribution in [0.25, 0.3) is 0 Å². The van der Waals surface area contributed by atoms with E-state index >= 15 is 0 Å². The maximum Gasteiger partial charge on any atom is 0.352 e. The molecule has 0 amide bonds. The first-order valence-electron chi connectivity index (χ1n) is 7.22. The van der Waals surface area contributed by atoms with Crippen molar-refractivity contribution in [3.63, 3.8) is 0 Å². The minimum Gasteiger partial charge on any atom is -0.495 e. The second kappa shape index (κ2) is 4.48. The normalized spacial score (nSPS) is 34.2. The minimum absolute atomic E-state index is 0.0376. The minimum atomic E-state index is -0.230. The standard InChI is InChI=1S/C16H22O3S/c1-15(2)10-5-7-16(15,3)12(9-10)19-14(17)13-11(18-4)6-8-20-13/h6,8,10,12H,5,7,9H2,1-4H3. The van der Waals surface area contributed by atoms with E-state index in [0.717, 1.165) is 12.8 Å².